The van der Waals surface area contributed by atoms with Gasteiger partial charge in [0, 0.05) is 5.39 Å². The highest BCUT2D eigenvalue weighted by Crippen LogP contribution is 2.31. The zero-order valence-corrected chi connectivity index (χ0v) is 10.2. The van der Waals surface area contributed by atoms with Crippen molar-refractivity contribution in [1.29, 1.82) is 0 Å². The molecule has 86 valence electrons. The monoisotopic (exact) mass is 217 g/mol. The third-order valence-corrected chi connectivity index (χ3v) is 3.19. The normalized spacial score (nSPS) is 15.2. The third kappa shape index (κ3) is 1.85. The molecule has 0 spiro atoms. The number of para-hydroxylation sites is 1. The van der Waals surface area contributed by atoms with E-state index in [9.17, 15) is 0 Å². The molecule has 2 N–H and O–H groups in total. The molecule has 2 rings (SSSR count). The number of hydrogen-bond donors (Lipinski definition) is 1. The lowest BCUT2D eigenvalue weighted by molar-refractivity contribution is 0.508. The second-order valence-corrected chi connectivity index (χ2v) is 4.51. The molecular weight excluding hydrogens is 198 g/mol. The predicted octanol–water partition coefficient (Wildman–Crippen LogP) is 3.97. The van der Waals surface area contributed by atoms with E-state index in [0.717, 1.165) is 23.2 Å². The van der Waals surface area contributed by atoms with Crippen molar-refractivity contribution in [2.75, 3.05) is 0 Å². The van der Waals surface area contributed by atoms with Crippen LogP contribution < -0.4 is 5.73 Å². The highest BCUT2D eigenvalue weighted by Gasteiger charge is 2.13. The first-order chi connectivity index (χ1) is 7.63. The predicted molar refractivity (Wildman–Crippen MR) is 67.5 cm³/mol. The molecular formula is C14H19NO. The molecule has 0 amide bonds. The first kappa shape index (κ1) is 11.2. The fraction of sp³-hybridized carbons (Fsp3) is 0.429. The van der Waals surface area contributed by atoms with E-state index in [2.05, 4.69) is 32.0 Å². The summed E-state index contributed by atoms with van der Waals surface area (Å²) in [6.45, 7) is 6.36. The summed E-state index contributed by atoms with van der Waals surface area (Å²) in [6, 6.07) is 8.31. The van der Waals surface area contributed by atoms with Crippen LogP contribution in [-0.2, 0) is 0 Å². The molecule has 0 aliphatic heterocycles. The molecule has 2 aromatic rings. The zero-order valence-electron chi connectivity index (χ0n) is 10.2. The van der Waals surface area contributed by atoms with E-state index >= 15 is 0 Å². The molecule has 0 fully saturated rings. The Balaban J connectivity index is 2.58. The number of rotatable bonds is 3. The van der Waals surface area contributed by atoms with Crippen LogP contribution in [0.1, 0.15) is 50.5 Å². The van der Waals surface area contributed by atoms with Gasteiger partial charge in [0.25, 0.3) is 0 Å². The van der Waals surface area contributed by atoms with Gasteiger partial charge in [-0.25, -0.2) is 0 Å². The van der Waals surface area contributed by atoms with E-state index in [-0.39, 0.29) is 6.04 Å². The van der Waals surface area contributed by atoms with Crippen molar-refractivity contribution in [3.63, 3.8) is 0 Å². The largest absolute Gasteiger partial charge is 0.459 e. The molecule has 0 bridgehead atoms. The first-order valence-corrected chi connectivity index (χ1v) is 5.91. The van der Waals surface area contributed by atoms with Gasteiger partial charge in [-0.2, -0.15) is 0 Å². The van der Waals surface area contributed by atoms with E-state index in [0.29, 0.717) is 5.92 Å². The average Bonchev–Trinajstić information content (AvgIpc) is 2.71. The lowest BCUT2D eigenvalue weighted by atomic mass is 9.97. The molecule has 0 aliphatic carbocycles. The fourth-order valence-corrected chi connectivity index (χ4v) is 1.94. The summed E-state index contributed by atoms with van der Waals surface area (Å²) < 4.78 is 5.86. The maximum Gasteiger partial charge on any atom is 0.137 e. The number of furan rings is 1. The van der Waals surface area contributed by atoms with Crippen molar-refractivity contribution in [3.8, 4) is 0 Å². The third-order valence-electron chi connectivity index (χ3n) is 3.19. The van der Waals surface area contributed by atoms with Crippen LogP contribution >= 0.6 is 0 Å². The van der Waals surface area contributed by atoms with Crippen molar-refractivity contribution in [3.05, 3.63) is 35.6 Å². The summed E-state index contributed by atoms with van der Waals surface area (Å²) in [7, 11) is 0. The van der Waals surface area contributed by atoms with Gasteiger partial charge in [0.1, 0.15) is 11.3 Å². The lowest BCUT2D eigenvalue weighted by Gasteiger charge is -2.08. The minimum atomic E-state index is -0.0443. The molecule has 1 heterocycles. The average molecular weight is 217 g/mol. The number of nitrogens with two attached hydrogens (primary N) is 1. The van der Waals surface area contributed by atoms with Crippen molar-refractivity contribution >= 4 is 11.0 Å². The second-order valence-electron chi connectivity index (χ2n) is 4.51. The van der Waals surface area contributed by atoms with Gasteiger partial charge in [-0.1, -0.05) is 32.0 Å². The Labute approximate surface area is 96.4 Å². The molecule has 0 saturated carbocycles. The van der Waals surface area contributed by atoms with E-state index < -0.39 is 0 Å². The zero-order chi connectivity index (χ0) is 11.7. The summed E-state index contributed by atoms with van der Waals surface area (Å²) in [5.74, 6) is 1.39. The molecule has 1 aromatic heterocycles. The topological polar surface area (TPSA) is 39.2 Å². The standard InChI is InChI=1S/C14H19NO/c1-4-9(2)12-7-5-6-11-8-13(10(3)15)16-14(11)12/h5-10H,4,15H2,1-3H3. The van der Waals surface area contributed by atoms with Gasteiger partial charge >= 0.3 is 0 Å². The molecule has 0 saturated heterocycles. The van der Waals surface area contributed by atoms with Crippen molar-refractivity contribution in [2.45, 2.75) is 39.2 Å². The van der Waals surface area contributed by atoms with Crippen LogP contribution in [0.4, 0.5) is 0 Å². The van der Waals surface area contributed by atoms with E-state index in [1.807, 2.05) is 13.0 Å². The number of fused-ring (bicyclic) bond motifs is 1. The first-order valence-electron chi connectivity index (χ1n) is 5.91. The van der Waals surface area contributed by atoms with Crippen LogP contribution in [0.5, 0.6) is 0 Å². The molecule has 16 heavy (non-hydrogen) atoms. The molecule has 0 radical (unpaired) electrons. The minimum Gasteiger partial charge on any atom is -0.459 e. The SMILES string of the molecule is CCC(C)c1cccc2cc(C(C)N)oc12. The van der Waals surface area contributed by atoms with E-state index in [1.165, 1.54) is 5.56 Å². The molecule has 2 atom stereocenters. The van der Waals surface area contributed by atoms with Crippen LogP contribution in [0.3, 0.4) is 0 Å². The molecule has 2 unspecified atom stereocenters. The van der Waals surface area contributed by atoms with E-state index in [4.69, 9.17) is 10.2 Å². The Morgan fingerprint density at radius 3 is 2.69 bits per heavy atom. The summed E-state index contributed by atoms with van der Waals surface area (Å²) in [6.07, 6.45) is 1.12. The van der Waals surface area contributed by atoms with Gasteiger partial charge in [-0.15, -0.1) is 0 Å². The fourth-order valence-electron chi connectivity index (χ4n) is 1.94. The van der Waals surface area contributed by atoms with Gasteiger partial charge < -0.3 is 10.2 Å². The van der Waals surface area contributed by atoms with E-state index in [1.54, 1.807) is 0 Å². The van der Waals surface area contributed by atoms with Crippen LogP contribution in [-0.4, -0.2) is 0 Å². The Hall–Kier alpha value is -1.28. The Morgan fingerprint density at radius 1 is 1.31 bits per heavy atom. The van der Waals surface area contributed by atoms with Gasteiger partial charge in [0.15, 0.2) is 0 Å². The number of hydrogen-bond acceptors (Lipinski definition) is 2. The Morgan fingerprint density at radius 2 is 2.06 bits per heavy atom. The lowest BCUT2D eigenvalue weighted by Crippen LogP contribution is -2.02. The Bertz CT molecular complexity index is 484. The molecule has 0 aliphatic rings. The second kappa shape index (κ2) is 4.30. The van der Waals surface area contributed by atoms with Crippen LogP contribution in [0, 0.1) is 0 Å². The highest BCUT2D eigenvalue weighted by molar-refractivity contribution is 5.81. The maximum absolute atomic E-state index is 5.86. The number of benzene rings is 1. The molecule has 2 nitrogen and oxygen atoms in total. The van der Waals surface area contributed by atoms with Crippen molar-refractivity contribution in [1.82, 2.24) is 0 Å². The molecule has 1 aromatic carbocycles. The van der Waals surface area contributed by atoms with Gasteiger partial charge in [-0.05, 0) is 30.9 Å². The van der Waals surface area contributed by atoms with Crippen LogP contribution in [0.25, 0.3) is 11.0 Å². The molecule has 2 heteroatoms. The van der Waals surface area contributed by atoms with Crippen LogP contribution in [0.2, 0.25) is 0 Å². The van der Waals surface area contributed by atoms with Gasteiger partial charge in [-0.3, -0.25) is 0 Å². The van der Waals surface area contributed by atoms with Gasteiger partial charge in [0.2, 0.25) is 0 Å². The maximum atomic E-state index is 5.86. The summed E-state index contributed by atoms with van der Waals surface area (Å²) >= 11 is 0. The summed E-state index contributed by atoms with van der Waals surface area (Å²) in [5, 5.41) is 1.16. The smallest absolute Gasteiger partial charge is 0.137 e. The van der Waals surface area contributed by atoms with Crippen molar-refractivity contribution in [2.24, 2.45) is 5.73 Å². The Kier molecular flexibility index (Phi) is 3.01. The minimum absolute atomic E-state index is 0.0443. The van der Waals surface area contributed by atoms with Crippen LogP contribution in [0.15, 0.2) is 28.7 Å². The highest BCUT2D eigenvalue weighted by atomic mass is 16.3. The van der Waals surface area contributed by atoms with Gasteiger partial charge in [0.05, 0.1) is 6.04 Å². The van der Waals surface area contributed by atoms with Crippen molar-refractivity contribution < 1.29 is 4.42 Å². The summed E-state index contributed by atoms with van der Waals surface area (Å²) in [5.41, 5.74) is 8.13. The summed E-state index contributed by atoms with van der Waals surface area (Å²) in [4.78, 5) is 0. The quantitative estimate of drug-likeness (QED) is 0.845.